The van der Waals surface area contributed by atoms with Gasteiger partial charge in [-0.1, -0.05) is 35.3 Å². The molecule has 0 radical (unpaired) electrons. The Morgan fingerprint density at radius 3 is 2.54 bits per heavy atom. The lowest BCUT2D eigenvalue weighted by molar-refractivity contribution is -0.122. The van der Waals surface area contributed by atoms with E-state index in [4.69, 9.17) is 40.2 Å². The average Bonchev–Trinajstić information content (AvgIpc) is 3.33. The molecule has 3 N–H and O–H groups in total. The Hall–Kier alpha value is -3.80. The summed E-state index contributed by atoms with van der Waals surface area (Å²) in [6.07, 6.45) is 0. The van der Waals surface area contributed by atoms with Crippen molar-refractivity contribution in [2.75, 3.05) is 18.4 Å². The van der Waals surface area contributed by atoms with Crippen LogP contribution in [-0.4, -0.2) is 44.3 Å². The molecule has 0 saturated carbocycles. The van der Waals surface area contributed by atoms with Crippen LogP contribution < -0.4 is 20.7 Å². The fourth-order valence-electron chi connectivity index (χ4n) is 3.11. The molecule has 13 heteroatoms. The van der Waals surface area contributed by atoms with E-state index in [-0.39, 0.29) is 24.1 Å². The standard InChI is InChI=1S/C24H20Cl2FN7O2S/c25-15-5-10-21(19(26)13-15)36-20-4-2-1-3-18(20)23-31-33-34(32-23)14-22(35)28-11-12-29-24(37)30-17-8-6-16(27)7-9-17/h1-10,13H,11-12,14H2,(H,28,35)(H2,29,30,37). The fraction of sp³-hybridized carbons (Fsp3) is 0.125. The first kappa shape index (κ1) is 26.3. The van der Waals surface area contributed by atoms with Gasteiger partial charge in [0.1, 0.15) is 23.9 Å². The Kier molecular flexibility index (Phi) is 8.83. The van der Waals surface area contributed by atoms with Crippen LogP contribution in [0.25, 0.3) is 11.4 Å². The molecule has 4 rings (SSSR count). The number of nitrogens with one attached hydrogen (secondary N) is 3. The zero-order valence-corrected chi connectivity index (χ0v) is 21.4. The van der Waals surface area contributed by atoms with Crippen molar-refractivity contribution in [1.82, 2.24) is 30.8 Å². The lowest BCUT2D eigenvalue weighted by atomic mass is 10.2. The van der Waals surface area contributed by atoms with Crippen molar-refractivity contribution in [3.8, 4) is 22.9 Å². The van der Waals surface area contributed by atoms with Gasteiger partial charge in [0.25, 0.3) is 0 Å². The van der Waals surface area contributed by atoms with Crippen LogP contribution in [0.2, 0.25) is 10.0 Å². The molecule has 37 heavy (non-hydrogen) atoms. The zero-order chi connectivity index (χ0) is 26.2. The number of para-hydroxylation sites is 1. The van der Waals surface area contributed by atoms with E-state index in [2.05, 4.69) is 31.4 Å². The van der Waals surface area contributed by atoms with Crippen molar-refractivity contribution < 1.29 is 13.9 Å². The van der Waals surface area contributed by atoms with Gasteiger partial charge < -0.3 is 20.7 Å². The second-order valence-corrected chi connectivity index (χ2v) is 8.81. The van der Waals surface area contributed by atoms with Crippen LogP contribution in [0.4, 0.5) is 10.1 Å². The van der Waals surface area contributed by atoms with Gasteiger partial charge in [-0.25, -0.2) is 4.39 Å². The number of rotatable bonds is 9. The number of tetrazole rings is 1. The summed E-state index contributed by atoms with van der Waals surface area (Å²) in [7, 11) is 0. The molecule has 0 aliphatic heterocycles. The molecular formula is C24H20Cl2FN7O2S. The number of hydrogen-bond donors (Lipinski definition) is 3. The van der Waals surface area contributed by atoms with Crippen LogP contribution in [0.15, 0.2) is 66.7 Å². The second kappa shape index (κ2) is 12.4. The number of thiocarbonyl (C=S) groups is 1. The largest absolute Gasteiger partial charge is 0.455 e. The molecule has 0 unspecified atom stereocenters. The Morgan fingerprint density at radius 2 is 1.76 bits per heavy atom. The van der Waals surface area contributed by atoms with Crippen LogP contribution in [0.3, 0.4) is 0 Å². The van der Waals surface area contributed by atoms with Gasteiger partial charge in [0.15, 0.2) is 5.11 Å². The maximum Gasteiger partial charge on any atom is 0.243 e. The first-order valence-electron chi connectivity index (χ1n) is 10.9. The van der Waals surface area contributed by atoms with E-state index in [0.717, 1.165) is 0 Å². The van der Waals surface area contributed by atoms with E-state index in [1.165, 1.54) is 16.9 Å². The van der Waals surface area contributed by atoms with Crippen LogP contribution in [-0.2, 0) is 11.3 Å². The summed E-state index contributed by atoms with van der Waals surface area (Å²) in [6, 6.07) is 17.8. The molecule has 1 amide bonds. The summed E-state index contributed by atoms with van der Waals surface area (Å²) in [6.45, 7) is 0.564. The SMILES string of the molecule is O=C(Cn1nnc(-c2ccccc2Oc2ccc(Cl)cc2Cl)n1)NCCNC(=S)Nc1ccc(F)cc1. The first-order valence-corrected chi connectivity index (χ1v) is 12.1. The third kappa shape index (κ3) is 7.59. The molecular weight excluding hydrogens is 540 g/mol. The van der Waals surface area contributed by atoms with Crippen molar-refractivity contribution in [2.45, 2.75) is 6.54 Å². The number of benzene rings is 3. The van der Waals surface area contributed by atoms with Gasteiger partial charge in [-0.2, -0.15) is 4.80 Å². The Bertz CT molecular complexity index is 1400. The van der Waals surface area contributed by atoms with Gasteiger partial charge in [-0.05, 0) is 72.0 Å². The molecule has 0 bridgehead atoms. The van der Waals surface area contributed by atoms with E-state index in [0.29, 0.717) is 51.0 Å². The van der Waals surface area contributed by atoms with Crippen molar-refractivity contribution >= 4 is 52.1 Å². The Morgan fingerprint density at radius 1 is 1.00 bits per heavy atom. The molecule has 1 heterocycles. The molecule has 0 atom stereocenters. The molecule has 0 spiro atoms. The highest BCUT2D eigenvalue weighted by Gasteiger charge is 2.15. The summed E-state index contributed by atoms with van der Waals surface area (Å²) in [5.74, 6) is 0.535. The van der Waals surface area contributed by atoms with Gasteiger partial charge in [0.2, 0.25) is 11.7 Å². The molecule has 0 fully saturated rings. The number of carbonyl (C=O) groups excluding carboxylic acids is 1. The van der Waals surface area contributed by atoms with Crippen molar-refractivity contribution in [3.05, 3.63) is 82.6 Å². The molecule has 9 nitrogen and oxygen atoms in total. The molecule has 3 aromatic carbocycles. The third-order valence-corrected chi connectivity index (χ3v) is 5.59. The number of ether oxygens (including phenoxy) is 1. The lowest BCUT2D eigenvalue weighted by Crippen LogP contribution is -2.38. The smallest absolute Gasteiger partial charge is 0.243 e. The highest BCUT2D eigenvalue weighted by Crippen LogP contribution is 2.35. The summed E-state index contributed by atoms with van der Waals surface area (Å²) < 4.78 is 18.9. The number of hydrogen-bond acceptors (Lipinski definition) is 6. The van der Waals surface area contributed by atoms with Crippen LogP contribution in [0, 0.1) is 5.82 Å². The molecule has 4 aromatic rings. The molecule has 0 saturated heterocycles. The van der Waals surface area contributed by atoms with E-state index in [1.54, 1.807) is 54.6 Å². The topological polar surface area (TPSA) is 106 Å². The quantitative estimate of drug-likeness (QED) is 0.200. The minimum absolute atomic E-state index is 0.128. The minimum atomic E-state index is -0.332. The van der Waals surface area contributed by atoms with E-state index in [1.807, 2.05) is 0 Å². The second-order valence-electron chi connectivity index (χ2n) is 7.55. The lowest BCUT2D eigenvalue weighted by Gasteiger charge is -2.11. The molecule has 1 aromatic heterocycles. The van der Waals surface area contributed by atoms with Crippen molar-refractivity contribution in [2.24, 2.45) is 0 Å². The van der Waals surface area contributed by atoms with Crippen molar-refractivity contribution in [3.63, 3.8) is 0 Å². The van der Waals surface area contributed by atoms with Gasteiger partial charge in [-0.15, -0.1) is 10.2 Å². The van der Waals surface area contributed by atoms with Crippen LogP contribution >= 0.6 is 35.4 Å². The highest BCUT2D eigenvalue weighted by molar-refractivity contribution is 7.80. The highest BCUT2D eigenvalue weighted by atomic mass is 35.5. The van der Waals surface area contributed by atoms with E-state index < -0.39 is 0 Å². The molecule has 0 aliphatic carbocycles. The summed E-state index contributed by atoms with van der Waals surface area (Å²) in [5.41, 5.74) is 1.23. The van der Waals surface area contributed by atoms with E-state index in [9.17, 15) is 9.18 Å². The fourth-order valence-corrected chi connectivity index (χ4v) is 3.77. The van der Waals surface area contributed by atoms with Crippen LogP contribution in [0.5, 0.6) is 11.5 Å². The van der Waals surface area contributed by atoms with Gasteiger partial charge >= 0.3 is 0 Å². The normalized spacial score (nSPS) is 10.6. The Labute approximate surface area is 226 Å². The summed E-state index contributed by atoms with van der Waals surface area (Å²) in [5, 5.41) is 22.1. The summed E-state index contributed by atoms with van der Waals surface area (Å²) in [4.78, 5) is 13.5. The monoisotopic (exact) mass is 559 g/mol. The zero-order valence-electron chi connectivity index (χ0n) is 19.1. The average molecular weight is 560 g/mol. The predicted molar refractivity (Wildman–Crippen MR) is 143 cm³/mol. The minimum Gasteiger partial charge on any atom is -0.455 e. The van der Waals surface area contributed by atoms with Gasteiger partial charge in [0.05, 0.1) is 10.6 Å². The van der Waals surface area contributed by atoms with Gasteiger partial charge in [0, 0.05) is 23.8 Å². The molecule has 0 aliphatic rings. The first-order chi connectivity index (χ1) is 17.9. The van der Waals surface area contributed by atoms with Crippen molar-refractivity contribution in [1.29, 1.82) is 0 Å². The van der Waals surface area contributed by atoms with E-state index >= 15 is 0 Å². The third-order valence-electron chi connectivity index (χ3n) is 4.81. The maximum atomic E-state index is 13.0. The number of aromatic nitrogens is 4. The number of carbonyl (C=O) groups is 1. The predicted octanol–water partition coefficient (Wildman–Crippen LogP) is 4.68. The number of anilines is 1. The Balaban J connectivity index is 1.27. The number of amides is 1. The summed E-state index contributed by atoms with van der Waals surface area (Å²) >= 11 is 17.4. The van der Waals surface area contributed by atoms with Crippen LogP contribution in [0.1, 0.15) is 0 Å². The maximum absolute atomic E-state index is 13.0. The number of halogens is 3. The molecule has 190 valence electrons. The van der Waals surface area contributed by atoms with Gasteiger partial charge in [-0.3, -0.25) is 4.79 Å². The number of nitrogens with zero attached hydrogens (tertiary/aromatic N) is 4.